The van der Waals surface area contributed by atoms with E-state index in [9.17, 15) is 4.79 Å². The zero-order valence-electron chi connectivity index (χ0n) is 17.6. The van der Waals surface area contributed by atoms with E-state index in [1.54, 1.807) is 0 Å². The first-order valence-electron chi connectivity index (χ1n) is 10.7. The second kappa shape index (κ2) is 7.65. The number of nitrogens with zero attached hydrogens (tertiary/aromatic N) is 2. The van der Waals surface area contributed by atoms with Gasteiger partial charge in [-0.15, -0.1) is 0 Å². The Balaban J connectivity index is 1.25. The summed E-state index contributed by atoms with van der Waals surface area (Å²) >= 11 is 0. The molecular formula is C25H28N4O. The molecule has 0 spiro atoms. The average Bonchev–Trinajstić information content (AvgIpc) is 3.18. The molecule has 4 heterocycles. The number of para-hydroxylation sites is 1. The van der Waals surface area contributed by atoms with E-state index in [0.717, 1.165) is 49.4 Å². The van der Waals surface area contributed by atoms with Crippen LogP contribution in [0.3, 0.4) is 0 Å². The number of carbonyl (C=O) groups is 1. The van der Waals surface area contributed by atoms with Gasteiger partial charge in [0.25, 0.3) is 5.91 Å². The summed E-state index contributed by atoms with van der Waals surface area (Å²) in [5.41, 5.74) is 6.83. The number of hydrogen-bond donors (Lipinski definition) is 2. The van der Waals surface area contributed by atoms with Gasteiger partial charge >= 0.3 is 0 Å². The fourth-order valence-electron chi connectivity index (χ4n) is 4.76. The Kier molecular flexibility index (Phi) is 4.83. The maximum Gasteiger partial charge on any atom is 0.257 e. The first-order valence-corrected chi connectivity index (χ1v) is 10.7. The topological polar surface area (TPSA) is 51.4 Å². The lowest BCUT2D eigenvalue weighted by Gasteiger charge is -2.39. The highest BCUT2D eigenvalue weighted by Gasteiger charge is 2.33. The molecule has 3 aliphatic rings. The summed E-state index contributed by atoms with van der Waals surface area (Å²) in [5, 5.41) is 4.78. The number of aromatic amines is 1. The summed E-state index contributed by atoms with van der Waals surface area (Å²) in [7, 11) is 0. The van der Waals surface area contributed by atoms with Crippen LogP contribution in [-0.4, -0.2) is 46.5 Å². The summed E-state index contributed by atoms with van der Waals surface area (Å²) < 4.78 is 0. The maximum absolute atomic E-state index is 13.1. The molecular weight excluding hydrogens is 372 g/mol. The van der Waals surface area contributed by atoms with E-state index >= 15 is 0 Å². The minimum Gasteiger partial charge on any atom is -0.365 e. The van der Waals surface area contributed by atoms with Crippen LogP contribution in [0.15, 0.2) is 71.7 Å². The molecule has 0 aliphatic carbocycles. The van der Waals surface area contributed by atoms with Crippen molar-refractivity contribution in [1.29, 1.82) is 0 Å². The number of carbonyl (C=O) groups excluding carboxylic acids is 1. The van der Waals surface area contributed by atoms with E-state index in [0.29, 0.717) is 0 Å². The number of amides is 1. The predicted molar refractivity (Wildman–Crippen MR) is 121 cm³/mol. The summed E-state index contributed by atoms with van der Waals surface area (Å²) in [6.07, 6.45) is 12.3. The van der Waals surface area contributed by atoms with Crippen LogP contribution in [-0.2, 0) is 4.79 Å². The van der Waals surface area contributed by atoms with Gasteiger partial charge in [-0.1, -0.05) is 30.4 Å². The molecule has 1 amide bonds. The van der Waals surface area contributed by atoms with E-state index in [1.807, 2.05) is 37.0 Å². The minimum atomic E-state index is -0.0529. The average molecular weight is 401 g/mol. The minimum absolute atomic E-state index is 0.0529. The fraction of sp³-hybridized carbons (Fsp3) is 0.320. The predicted octanol–water partition coefficient (Wildman–Crippen LogP) is 4.15. The zero-order valence-corrected chi connectivity index (χ0v) is 17.6. The molecule has 0 saturated heterocycles. The molecule has 5 rings (SSSR count). The summed E-state index contributed by atoms with van der Waals surface area (Å²) in [6.45, 7) is 6.87. The second-order valence-electron chi connectivity index (χ2n) is 8.34. The number of rotatable bonds is 4. The number of nitrogens with one attached hydrogen (secondary N) is 2. The van der Waals surface area contributed by atoms with Gasteiger partial charge in [-0.25, -0.2) is 0 Å². The lowest BCUT2D eigenvalue weighted by Crippen LogP contribution is -2.52. The van der Waals surface area contributed by atoms with Gasteiger partial charge in [0.2, 0.25) is 0 Å². The quantitative estimate of drug-likeness (QED) is 0.811. The van der Waals surface area contributed by atoms with Crippen LogP contribution in [0.4, 0.5) is 0 Å². The molecule has 2 N–H and O–H groups in total. The Morgan fingerprint density at radius 1 is 1.20 bits per heavy atom. The molecule has 1 atom stereocenters. The van der Waals surface area contributed by atoms with Crippen LogP contribution in [0.2, 0.25) is 0 Å². The summed E-state index contributed by atoms with van der Waals surface area (Å²) in [6, 6.07) is 8.47. The number of allylic oxidation sites excluding steroid dienone is 4. The van der Waals surface area contributed by atoms with E-state index in [1.165, 1.54) is 22.0 Å². The van der Waals surface area contributed by atoms with Crippen molar-refractivity contribution in [3.05, 3.63) is 77.3 Å². The van der Waals surface area contributed by atoms with Gasteiger partial charge < -0.3 is 10.3 Å². The zero-order chi connectivity index (χ0) is 20.7. The molecule has 1 aromatic heterocycles. The van der Waals surface area contributed by atoms with Crippen molar-refractivity contribution in [1.82, 2.24) is 20.1 Å². The molecule has 0 bridgehead atoms. The van der Waals surface area contributed by atoms with Gasteiger partial charge in [-0.2, -0.15) is 0 Å². The number of benzene rings is 1. The Labute approximate surface area is 177 Å². The van der Waals surface area contributed by atoms with Crippen LogP contribution in [0.1, 0.15) is 32.3 Å². The van der Waals surface area contributed by atoms with Crippen molar-refractivity contribution < 1.29 is 4.79 Å². The molecule has 0 saturated carbocycles. The normalized spacial score (nSPS) is 22.1. The number of hydrogen-bond acceptors (Lipinski definition) is 3. The third kappa shape index (κ3) is 3.29. The van der Waals surface area contributed by atoms with Gasteiger partial charge in [-0.05, 0) is 50.5 Å². The van der Waals surface area contributed by atoms with Gasteiger partial charge in [0, 0.05) is 59.3 Å². The third-order valence-corrected chi connectivity index (χ3v) is 6.49. The molecule has 2 aromatic rings. The largest absolute Gasteiger partial charge is 0.365 e. The van der Waals surface area contributed by atoms with Crippen LogP contribution in [0.5, 0.6) is 0 Å². The van der Waals surface area contributed by atoms with E-state index in [2.05, 4.69) is 51.7 Å². The first kappa shape index (κ1) is 18.9. The van der Waals surface area contributed by atoms with Crippen molar-refractivity contribution in [3.63, 3.8) is 0 Å². The molecule has 0 fully saturated rings. The highest BCUT2D eigenvalue weighted by atomic mass is 16.2. The van der Waals surface area contributed by atoms with Crippen LogP contribution in [0.25, 0.3) is 16.5 Å². The van der Waals surface area contributed by atoms with E-state index in [-0.39, 0.29) is 12.1 Å². The highest BCUT2D eigenvalue weighted by molar-refractivity contribution is 5.96. The summed E-state index contributed by atoms with van der Waals surface area (Å²) in [4.78, 5) is 20.8. The van der Waals surface area contributed by atoms with Crippen LogP contribution < -0.4 is 5.32 Å². The molecule has 1 aromatic carbocycles. The number of aromatic nitrogens is 1. The van der Waals surface area contributed by atoms with Gasteiger partial charge in [0.05, 0.1) is 0 Å². The van der Waals surface area contributed by atoms with Crippen molar-refractivity contribution >= 4 is 22.4 Å². The molecule has 154 valence electrons. The Hall–Kier alpha value is -3.05. The molecule has 1 unspecified atom stereocenters. The van der Waals surface area contributed by atoms with E-state index in [4.69, 9.17) is 0 Å². The smallest absolute Gasteiger partial charge is 0.257 e. The fourth-order valence-corrected chi connectivity index (χ4v) is 4.76. The van der Waals surface area contributed by atoms with Gasteiger partial charge in [0.15, 0.2) is 0 Å². The van der Waals surface area contributed by atoms with Crippen molar-refractivity contribution in [2.45, 2.75) is 32.9 Å². The van der Waals surface area contributed by atoms with Crippen LogP contribution >= 0.6 is 0 Å². The van der Waals surface area contributed by atoms with Crippen LogP contribution in [0, 0.1) is 0 Å². The molecule has 5 heteroatoms. The molecule has 5 nitrogen and oxygen atoms in total. The van der Waals surface area contributed by atoms with Crippen molar-refractivity contribution in [3.8, 4) is 0 Å². The lowest BCUT2D eigenvalue weighted by atomic mass is 9.98. The summed E-state index contributed by atoms with van der Waals surface area (Å²) in [5.74, 6) is 0.140. The Morgan fingerprint density at radius 2 is 2.07 bits per heavy atom. The maximum atomic E-state index is 13.1. The van der Waals surface area contributed by atoms with Crippen molar-refractivity contribution in [2.75, 3.05) is 19.6 Å². The number of fused-ring (bicyclic) bond motifs is 2. The monoisotopic (exact) mass is 400 g/mol. The van der Waals surface area contributed by atoms with Gasteiger partial charge in [-0.3, -0.25) is 14.6 Å². The second-order valence-corrected chi connectivity index (χ2v) is 8.34. The highest BCUT2D eigenvalue weighted by Crippen LogP contribution is 2.30. The number of H-pyrrole nitrogens is 1. The first-order chi connectivity index (χ1) is 14.6. The molecule has 30 heavy (non-hydrogen) atoms. The lowest BCUT2D eigenvalue weighted by molar-refractivity contribution is -0.128. The third-order valence-electron chi connectivity index (χ3n) is 6.49. The Morgan fingerprint density at radius 3 is 2.90 bits per heavy atom. The van der Waals surface area contributed by atoms with Crippen molar-refractivity contribution in [2.24, 2.45) is 0 Å². The standard InChI is InChI=1S/C25H28N4O/c1-17-6-5-9-24-27-18(2)20(25(30)29(17)24)12-15-28-13-10-19(11-14-28)22-16-26-23-8-4-3-7-21(22)23/h3-10,16,24,26-27H,11-15H2,1-2H3. The van der Waals surface area contributed by atoms with Gasteiger partial charge in [0.1, 0.15) is 6.17 Å². The van der Waals surface area contributed by atoms with E-state index < -0.39 is 0 Å². The Bertz CT molecular complexity index is 1120. The molecule has 3 aliphatic heterocycles. The SMILES string of the molecule is CC1=CC=CC2NC(C)=C(CCN3CC=C(c4c[nH]c5ccccc45)CC3)C(=O)N12. The molecule has 0 radical (unpaired) electrons.